The third kappa shape index (κ3) is 6.07. The van der Waals surface area contributed by atoms with Crippen LogP contribution in [0.2, 0.25) is 0 Å². The van der Waals surface area contributed by atoms with E-state index >= 15 is 0 Å². The molecule has 3 N–H and O–H groups in total. The normalized spacial score (nSPS) is 20.6. The van der Waals surface area contributed by atoms with Crippen LogP contribution < -0.4 is 20.1 Å². The van der Waals surface area contributed by atoms with Crippen LogP contribution in [0, 0.1) is 5.92 Å². The van der Waals surface area contributed by atoms with Crippen LogP contribution in [0.25, 0.3) is 0 Å². The number of hydrogen-bond acceptors (Lipinski definition) is 6. The number of carbonyl (C=O) groups excluding carboxylic acids is 1. The van der Waals surface area contributed by atoms with Crippen molar-refractivity contribution in [3.05, 3.63) is 23.8 Å². The first-order chi connectivity index (χ1) is 13.9. The number of aliphatic hydroxyl groups is 1. The molecule has 29 heavy (non-hydrogen) atoms. The SMILES string of the molecule is COc1cc(OC)cc(C(=O)NCC2CCN(CC(O)NC3(C)CCC3)CC2)c1. The number of rotatable bonds is 9. The number of methoxy groups -OCH3 is 2. The highest BCUT2D eigenvalue weighted by molar-refractivity contribution is 5.95. The topological polar surface area (TPSA) is 83.1 Å². The summed E-state index contributed by atoms with van der Waals surface area (Å²) in [5, 5.41) is 16.7. The van der Waals surface area contributed by atoms with Crippen molar-refractivity contribution in [1.82, 2.24) is 15.5 Å². The van der Waals surface area contributed by atoms with Crippen LogP contribution in [0.4, 0.5) is 0 Å². The first-order valence-corrected chi connectivity index (χ1v) is 10.6. The Balaban J connectivity index is 1.40. The van der Waals surface area contributed by atoms with E-state index in [2.05, 4.69) is 22.5 Å². The summed E-state index contributed by atoms with van der Waals surface area (Å²) in [4.78, 5) is 14.8. The molecular weight excluding hydrogens is 370 g/mol. The monoisotopic (exact) mass is 405 g/mol. The molecule has 3 rings (SSSR count). The number of amides is 1. The maximum absolute atomic E-state index is 12.5. The summed E-state index contributed by atoms with van der Waals surface area (Å²) in [6.45, 7) is 5.40. The van der Waals surface area contributed by atoms with Gasteiger partial charge in [-0.25, -0.2) is 0 Å². The molecule has 1 unspecified atom stereocenters. The van der Waals surface area contributed by atoms with Gasteiger partial charge in [-0.05, 0) is 70.2 Å². The molecule has 7 nitrogen and oxygen atoms in total. The van der Waals surface area contributed by atoms with Crippen molar-refractivity contribution in [3.8, 4) is 11.5 Å². The number of benzene rings is 1. The van der Waals surface area contributed by atoms with Crippen molar-refractivity contribution < 1.29 is 19.4 Å². The second-order valence-electron chi connectivity index (χ2n) is 8.63. The highest BCUT2D eigenvalue weighted by Crippen LogP contribution is 2.31. The summed E-state index contributed by atoms with van der Waals surface area (Å²) >= 11 is 0. The summed E-state index contributed by atoms with van der Waals surface area (Å²) in [6, 6.07) is 5.19. The molecule has 0 spiro atoms. The largest absolute Gasteiger partial charge is 0.497 e. The van der Waals surface area contributed by atoms with E-state index in [0.717, 1.165) is 38.8 Å². The van der Waals surface area contributed by atoms with Gasteiger partial charge in [0.25, 0.3) is 5.91 Å². The number of hydrogen-bond donors (Lipinski definition) is 3. The van der Waals surface area contributed by atoms with E-state index in [1.807, 2.05) is 0 Å². The predicted molar refractivity (Wildman–Crippen MR) is 112 cm³/mol. The molecule has 1 saturated heterocycles. The maximum atomic E-state index is 12.5. The average Bonchev–Trinajstić information content (AvgIpc) is 2.71. The Morgan fingerprint density at radius 1 is 1.21 bits per heavy atom. The molecule has 2 fully saturated rings. The number of ether oxygens (including phenoxy) is 2. The van der Waals surface area contributed by atoms with Gasteiger partial charge < -0.3 is 19.9 Å². The van der Waals surface area contributed by atoms with Crippen LogP contribution in [0.1, 0.15) is 49.4 Å². The molecule has 7 heteroatoms. The summed E-state index contributed by atoms with van der Waals surface area (Å²) in [6.07, 6.45) is 5.10. The second-order valence-corrected chi connectivity index (χ2v) is 8.63. The molecule has 1 heterocycles. The predicted octanol–water partition coefficient (Wildman–Crippen LogP) is 2.00. The number of β-amino-alcohol motifs (C(OH)–C–C–N with tert-alkyl or cyclic N) is 1. The van der Waals surface area contributed by atoms with E-state index < -0.39 is 6.23 Å². The van der Waals surface area contributed by atoms with Gasteiger partial charge in [-0.3, -0.25) is 15.0 Å². The van der Waals surface area contributed by atoms with E-state index in [4.69, 9.17) is 9.47 Å². The van der Waals surface area contributed by atoms with E-state index in [1.165, 1.54) is 6.42 Å². The molecular formula is C22H35N3O4. The van der Waals surface area contributed by atoms with Gasteiger partial charge in [0.15, 0.2) is 0 Å². The molecule has 162 valence electrons. The lowest BCUT2D eigenvalue weighted by atomic mass is 9.78. The van der Waals surface area contributed by atoms with Gasteiger partial charge in [0.05, 0.1) is 14.2 Å². The molecule has 1 aromatic rings. The van der Waals surface area contributed by atoms with Gasteiger partial charge in [0, 0.05) is 30.3 Å². The standard InChI is InChI=1S/C22H35N3O4/c1-22(7-4-8-22)24-20(26)15-25-9-5-16(6-10-25)14-23-21(27)17-11-18(28-2)13-19(12-17)29-3/h11-13,16,20,24,26H,4-10,14-15H2,1-3H3,(H,23,27). The van der Waals surface area contributed by atoms with Crippen molar-refractivity contribution in [2.75, 3.05) is 40.4 Å². The molecule has 1 aliphatic carbocycles. The Labute approximate surface area is 173 Å². The zero-order valence-corrected chi connectivity index (χ0v) is 17.9. The minimum atomic E-state index is -0.473. The number of nitrogens with one attached hydrogen (secondary N) is 2. The third-order valence-corrected chi connectivity index (χ3v) is 6.28. The van der Waals surface area contributed by atoms with Gasteiger partial charge in [0.1, 0.15) is 17.7 Å². The zero-order valence-electron chi connectivity index (χ0n) is 17.9. The van der Waals surface area contributed by atoms with Crippen LogP contribution in [0.3, 0.4) is 0 Å². The Morgan fingerprint density at radius 2 is 1.83 bits per heavy atom. The third-order valence-electron chi connectivity index (χ3n) is 6.28. The highest BCUT2D eigenvalue weighted by atomic mass is 16.5. The fourth-order valence-electron chi connectivity index (χ4n) is 4.19. The van der Waals surface area contributed by atoms with Crippen molar-refractivity contribution in [3.63, 3.8) is 0 Å². The minimum absolute atomic E-state index is 0.113. The van der Waals surface area contributed by atoms with Gasteiger partial charge in [-0.1, -0.05) is 0 Å². The molecule has 2 aliphatic rings. The Hall–Kier alpha value is -1.83. The van der Waals surface area contributed by atoms with E-state index in [-0.39, 0.29) is 11.4 Å². The van der Waals surface area contributed by atoms with Crippen LogP contribution in [0.15, 0.2) is 18.2 Å². The van der Waals surface area contributed by atoms with Crippen LogP contribution in [-0.2, 0) is 0 Å². The zero-order chi connectivity index (χ0) is 20.9. The number of nitrogens with zero attached hydrogens (tertiary/aromatic N) is 1. The average molecular weight is 406 g/mol. The highest BCUT2D eigenvalue weighted by Gasteiger charge is 2.33. The second kappa shape index (κ2) is 9.78. The summed E-state index contributed by atoms with van der Waals surface area (Å²) in [5.74, 6) is 1.55. The summed E-state index contributed by atoms with van der Waals surface area (Å²) < 4.78 is 10.5. The number of carbonyl (C=O) groups is 1. The molecule has 1 saturated carbocycles. The lowest BCUT2D eigenvalue weighted by Gasteiger charge is -2.42. The number of aliphatic hydroxyl groups excluding tert-OH is 1. The van der Waals surface area contributed by atoms with E-state index in [9.17, 15) is 9.90 Å². The van der Waals surface area contributed by atoms with Crippen molar-refractivity contribution >= 4 is 5.91 Å². The Kier molecular flexibility index (Phi) is 7.38. The quantitative estimate of drug-likeness (QED) is 0.545. The molecule has 1 aromatic carbocycles. The van der Waals surface area contributed by atoms with Gasteiger partial charge in [-0.2, -0.15) is 0 Å². The van der Waals surface area contributed by atoms with Crippen molar-refractivity contribution in [2.24, 2.45) is 5.92 Å². The van der Waals surface area contributed by atoms with Crippen LogP contribution >= 0.6 is 0 Å². The molecule has 0 radical (unpaired) electrons. The Morgan fingerprint density at radius 3 is 2.34 bits per heavy atom. The molecule has 1 aliphatic heterocycles. The van der Waals surface area contributed by atoms with E-state index in [0.29, 0.717) is 36.1 Å². The molecule has 0 aromatic heterocycles. The van der Waals surface area contributed by atoms with Gasteiger partial charge in [-0.15, -0.1) is 0 Å². The lowest BCUT2D eigenvalue weighted by molar-refractivity contribution is 0.0255. The van der Waals surface area contributed by atoms with E-state index in [1.54, 1.807) is 32.4 Å². The Bertz CT molecular complexity index is 662. The molecule has 0 bridgehead atoms. The first kappa shape index (κ1) is 21.9. The van der Waals surface area contributed by atoms with Gasteiger partial charge in [0.2, 0.25) is 0 Å². The van der Waals surface area contributed by atoms with Crippen LogP contribution in [-0.4, -0.2) is 68.1 Å². The van der Waals surface area contributed by atoms with Crippen molar-refractivity contribution in [2.45, 2.75) is 50.8 Å². The number of likely N-dealkylation sites (tertiary alicyclic amines) is 1. The fourth-order valence-corrected chi connectivity index (χ4v) is 4.19. The summed E-state index contributed by atoms with van der Waals surface area (Å²) in [7, 11) is 3.15. The lowest BCUT2D eigenvalue weighted by Crippen LogP contribution is -2.56. The van der Waals surface area contributed by atoms with Crippen molar-refractivity contribution in [1.29, 1.82) is 0 Å². The fraction of sp³-hybridized carbons (Fsp3) is 0.682. The first-order valence-electron chi connectivity index (χ1n) is 10.6. The summed E-state index contributed by atoms with van der Waals surface area (Å²) in [5.41, 5.74) is 0.655. The smallest absolute Gasteiger partial charge is 0.251 e. The number of piperidine rings is 1. The van der Waals surface area contributed by atoms with Crippen LogP contribution in [0.5, 0.6) is 11.5 Å². The maximum Gasteiger partial charge on any atom is 0.251 e. The minimum Gasteiger partial charge on any atom is -0.497 e. The molecule has 1 atom stereocenters. The molecule has 1 amide bonds. The van der Waals surface area contributed by atoms with Gasteiger partial charge >= 0.3 is 0 Å².